The molecule has 0 unspecified atom stereocenters. The molecule has 0 atom stereocenters. The van der Waals surface area contributed by atoms with Crippen molar-refractivity contribution in [2.45, 2.75) is 6.54 Å². The molecule has 1 fully saturated rings. The number of phenols is 1. The minimum absolute atomic E-state index is 0.0566. The number of benzene rings is 3. The Morgan fingerprint density at radius 1 is 0.939 bits per heavy atom. The summed E-state index contributed by atoms with van der Waals surface area (Å²) >= 11 is 0. The molecule has 1 saturated heterocycles. The molecular formula is C26H22F2N2O3. The van der Waals surface area contributed by atoms with E-state index in [4.69, 9.17) is 4.74 Å². The van der Waals surface area contributed by atoms with Crippen LogP contribution in [0.3, 0.4) is 0 Å². The number of ketones is 1. The third-order valence-corrected chi connectivity index (χ3v) is 6.03. The lowest BCUT2D eigenvalue weighted by Crippen LogP contribution is -2.46. The zero-order valence-corrected chi connectivity index (χ0v) is 17.8. The molecule has 2 aliphatic rings. The van der Waals surface area contributed by atoms with Crippen LogP contribution in [0.2, 0.25) is 0 Å². The van der Waals surface area contributed by atoms with Crippen molar-refractivity contribution in [3.63, 3.8) is 0 Å². The van der Waals surface area contributed by atoms with E-state index in [1.807, 2.05) is 11.0 Å². The number of hydrogen-bond acceptors (Lipinski definition) is 5. The molecule has 168 valence electrons. The van der Waals surface area contributed by atoms with E-state index in [-0.39, 0.29) is 28.9 Å². The highest BCUT2D eigenvalue weighted by molar-refractivity contribution is 6.15. The van der Waals surface area contributed by atoms with Gasteiger partial charge in [0.25, 0.3) is 0 Å². The first-order chi connectivity index (χ1) is 16.0. The van der Waals surface area contributed by atoms with E-state index in [2.05, 4.69) is 4.90 Å². The van der Waals surface area contributed by atoms with Crippen molar-refractivity contribution in [1.82, 2.24) is 4.90 Å². The Kier molecular flexibility index (Phi) is 5.56. The lowest BCUT2D eigenvalue weighted by molar-refractivity contribution is 0.101. The maximum absolute atomic E-state index is 14.1. The van der Waals surface area contributed by atoms with Gasteiger partial charge in [-0.1, -0.05) is 24.3 Å². The molecular weight excluding hydrogens is 426 g/mol. The summed E-state index contributed by atoms with van der Waals surface area (Å²) in [6, 6.07) is 15.5. The first kappa shape index (κ1) is 21.2. The average Bonchev–Trinajstić information content (AvgIpc) is 3.13. The summed E-state index contributed by atoms with van der Waals surface area (Å²) in [5.41, 5.74) is 2.16. The zero-order chi connectivity index (χ0) is 22.9. The van der Waals surface area contributed by atoms with E-state index >= 15 is 0 Å². The number of nitrogens with zero attached hydrogens (tertiary/aromatic N) is 2. The maximum Gasteiger partial charge on any atom is 0.231 e. The lowest BCUT2D eigenvalue weighted by atomic mass is 10.0. The van der Waals surface area contributed by atoms with Crippen LogP contribution in [0.5, 0.6) is 11.5 Å². The fraction of sp³-hybridized carbons (Fsp3) is 0.192. The molecule has 0 aliphatic carbocycles. The van der Waals surface area contributed by atoms with Crippen molar-refractivity contribution in [1.29, 1.82) is 0 Å². The van der Waals surface area contributed by atoms with Gasteiger partial charge in [0, 0.05) is 32.7 Å². The minimum atomic E-state index is -0.360. The number of piperazine rings is 1. The van der Waals surface area contributed by atoms with E-state index in [1.165, 1.54) is 24.3 Å². The second-order valence-corrected chi connectivity index (χ2v) is 8.15. The smallest absolute Gasteiger partial charge is 0.231 e. The van der Waals surface area contributed by atoms with Gasteiger partial charge in [-0.25, -0.2) is 8.78 Å². The Morgan fingerprint density at radius 3 is 2.39 bits per heavy atom. The Balaban J connectivity index is 1.33. The molecule has 0 spiro atoms. The number of rotatable bonds is 4. The minimum Gasteiger partial charge on any atom is -0.507 e. The number of aromatic hydroxyl groups is 1. The molecule has 33 heavy (non-hydrogen) atoms. The van der Waals surface area contributed by atoms with Crippen LogP contribution >= 0.6 is 0 Å². The van der Waals surface area contributed by atoms with Gasteiger partial charge in [-0.3, -0.25) is 9.69 Å². The van der Waals surface area contributed by atoms with E-state index in [0.29, 0.717) is 60.9 Å². The molecule has 0 radical (unpaired) electrons. The summed E-state index contributed by atoms with van der Waals surface area (Å²) in [5.74, 6) is -0.336. The molecule has 5 nitrogen and oxygen atoms in total. The van der Waals surface area contributed by atoms with Gasteiger partial charge in [-0.15, -0.1) is 0 Å². The Morgan fingerprint density at radius 2 is 1.67 bits per heavy atom. The van der Waals surface area contributed by atoms with Crippen LogP contribution in [-0.2, 0) is 6.54 Å². The molecule has 1 N–H and O–H groups in total. The SMILES string of the molecule is O=C1/C(=C/c2ccc(F)cc2)Oc2c1ccc(O)c2CN1CCN(c2ccccc2F)CC1. The van der Waals surface area contributed by atoms with Gasteiger partial charge in [0.1, 0.15) is 23.1 Å². The Hall–Kier alpha value is -3.71. The van der Waals surface area contributed by atoms with Crippen LogP contribution < -0.4 is 9.64 Å². The van der Waals surface area contributed by atoms with Crippen LogP contribution in [0.1, 0.15) is 21.5 Å². The van der Waals surface area contributed by atoms with Crippen LogP contribution in [-0.4, -0.2) is 42.0 Å². The molecule has 0 saturated carbocycles. The third-order valence-electron chi connectivity index (χ3n) is 6.03. The predicted octanol–water partition coefficient (Wildman–Crippen LogP) is 4.61. The van der Waals surface area contributed by atoms with E-state index in [0.717, 1.165) is 0 Å². The van der Waals surface area contributed by atoms with Crippen molar-refractivity contribution in [3.05, 3.63) is 94.7 Å². The Labute approximate surface area is 190 Å². The van der Waals surface area contributed by atoms with Crippen LogP contribution in [0.25, 0.3) is 6.08 Å². The molecule has 3 aromatic carbocycles. The highest BCUT2D eigenvalue weighted by atomic mass is 19.1. The lowest BCUT2D eigenvalue weighted by Gasteiger charge is -2.36. The van der Waals surface area contributed by atoms with Gasteiger partial charge in [0.15, 0.2) is 5.76 Å². The number of allylic oxidation sites excluding steroid dienone is 1. The number of hydrogen-bond donors (Lipinski definition) is 1. The summed E-state index contributed by atoms with van der Waals surface area (Å²) in [4.78, 5) is 17.0. The number of phenolic OH excluding ortho intramolecular Hbond substituents is 1. The fourth-order valence-electron chi connectivity index (χ4n) is 4.24. The fourth-order valence-corrected chi connectivity index (χ4v) is 4.24. The van der Waals surface area contributed by atoms with Crippen molar-refractivity contribution in [3.8, 4) is 11.5 Å². The van der Waals surface area contributed by atoms with Gasteiger partial charge in [-0.2, -0.15) is 0 Å². The molecule has 5 rings (SSSR count). The van der Waals surface area contributed by atoms with E-state index < -0.39 is 0 Å². The summed E-state index contributed by atoms with van der Waals surface area (Å²) in [6.07, 6.45) is 1.57. The van der Waals surface area contributed by atoms with Crippen molar-refractivity contribution in [2.24, 2.45) is 0 Å². The summed E-state index contributed by atoms with van der Waals surface area (Å²) in [5, 5.41) is 10.5. The molecule has 7 heteroatoms. The number of ether oxygens (including phenoxy) is 1. The van der Waals surface area contributed by atoms with Gasteiger partial charge in [-0.05, 0) is 48.0 Å². The maximum atomic E-state index is 14.1. The molecule has 0 aromatic heterocycles. The third kappa shape index (κ3) is 4.19. The molecule has 2 heterocycles. The summed E-state index contributed by atoms with van der Waals surface area (Å²) < 4.78 is 33.2. The highest BCUT2D eigenvalue weighted by Crippen LogP contribution is 2.40. The predicted molar refractivity (Wildman–Crippen MR) is 121 cm³/mol. The van der Waals surface area contributed by atoms with Gasteiger partial charge < -0.3 is 14.7 Å². The van der Waals surface area contributed by atoms with Gasteiger partial charge >= 0.3 is 0 Å². The zero-order valence-electron chi connectivity index (χ0n) is 17.8. The first-order valence-electron chi connectivity index (χ1n) is 10.8. The number of carbonyl (C=O) groups excluding carboxylic acids is 1. The first-order valence-corrected chi connectivity index (χ1v) is 10.8. The average molecular weight is 448 g/mol. The second-order valence-electron chi connectivity index (χ2n) is 8.15. The highest BCUT2D eigenvalue weighted by Gasteiger charge is 2.32. The molecule has 2 aliphatic heterocycles. The quantitative estimate of drug-likeness (QED) is 0.591. The normalized spacial score (nSPS) is 17.3. The summed E-state index contributed by atoms with van der Waals surface area (Å²) in [7, 11) is 0. The number of fused-ring (bicyclic) bond motifs is 1. The number of carbonyl (C=O) groups is 1. The van der Waals surface area contributed by atoms with Crippen LogP contribution in [0.4, 0.5) is 14.5 Å². The second kappa shape index (κ2) is 8.67. The van der Waals surface area contributed by atoms with E-state index in [9.17, 15) is 18.7 Å². The number of anilines is 1. The summed E-state index contributed by atoms with van der Waals surface area (Å²) in [6.45, 7) is 3.03. The topological polar surface area (TPSA) is 53.0 Å². The Bertz CT molecular complexity index is 1230. The largest absolute Gasteiger partial charge is 0.507 e. The standard InChI is InChI=1S/C26H22F2N2O3/c27-18-7-5-17(6-8-18)15-24-25(32)19-9-10-23(31)20(26(19)33-24)16-29-11-13-30(14-12-29)22-4-2-1-3-21(22)28/h1-10,15,31H,11-14,16H2/b24-15-. The monoisotopic (exact) mass is 448 g/mol. The van der Waals surface area contributed by atoms with Crippen molar-refractivity contribution < 1.29 is 23.4 Å². The van der Waals surface area contributed by atoms with Crippen LogP contribution in [0, 0.1) is 11.6 Å². The van der Waals surface area contributed by atoms with Crippen LogP contribution in [0.15, 0.2) is 66.4 Å². The van der Waals surface area contributed by atoms with E-state index in [1.54, 1.807) is 36.4 Å². The van der Waals surface area contributed by atoms with Crippen molar-refractivity contribution in [2.75, 3.05) is 31.1 Å². The van der Waals surface area contributed by atoms with Gasteiger partial charge in [0.2, 0.25) is 5.78 Å². The van der Waals surface area contributed by atoms with Gasteiger partial charge in [0.05, 0.1) is 16.8 Å². The number of para-hydroxylation sites is 1. The molecule has 3 aromatic rings. The number of Topliss-reactive ketones (excluding diaryl/α,β-unsaturated/α-hetero) is 1. The van der Waals surface area contributed by atoms with Crippen molar-refractivity contribution >= 4 is 17.5 Å². The number of halogens is 2. The molecule has 0 bridgehead atoms. The molecule has 0 amide bonds.